The van der Waals surface area contributed by atoms with Crippen LogP contribution in [0.2, 0.25) is 0 Å². The summed E-state index contributed by atoms with van der Waals surface area (Å²) < 4.78 is 26.8. The van der Waals surface area contributed by atoms with Crippen molar-refractivity contribution in [3.63, 3.8) is 0 Å². The van der Waals surface area contributed by atoms with E-state index in [1.807, 2.05) is 37.3 Å². The summed E-state index contributed by atoms with van der Waals surface area (Å²) in [4.78, 5) is 5.63. The monoisotopic (exact) mass is 381 g/mol. The van der Waals surface area contributed by atoms with Crippen LogP contribution in [0, 0.1) is 6.92 Å². The molecule has 1 aliphatic heterocycles. The third-order valence-corrected chi connectivity index (χ3v) is 6.07. The summed E-state index contributed by atoms with van der Waals surface area (Å²) in [6.07, 6.45) is 0. The molecule has 116 valence electrons. The Kier molecular flexibility index (Phi) is 4.36. The molecule has 0 radical (unpaired) electrons. The van der Waals surface area contributed by atoms with Crippen molar-refractivity contribution in [1.29, 1.82) is 0 Å². The molecule has 6 heteroatoms. The van der Waals surface area contributed by atoms with Crippen molar-refractivity contribution in [2.24, 2.45) is 0 Å². The van der Waals surface area contributed by atoms with E-state index in [4.69, 9.17) is 4.84 Å². The number of hydrogen-bond acceptors (Lipinski definition) is 3. The van der Waals surface area contributed by atoms with Crippen LogP contribution in [0.5, 0.6) is 0 Å². The first kappa shape index (κ1) is 15.7. The zero-order chi connectivity index (χ0) is 15.7. The van der Waals surface area contributed by atoms with Gasteiger partial charge in [0.25, 0.3) is 10.0 Å². The molecule has 2 atom stereocenters. The second-order valence-electron chi connectivity index (χ2n) is 5.24. The Bertz CT molecular complexity index is 747. The SMILES string of the molecule is Cc1ccc(S(=O)(=O)N2OC[C@@H](Br)[C@H]2c2ccccc2)cc1. The van der Waals surface area contributed by atoms with E-state index in [2.05, 4.69) is 15.9 Å². The fourth-order valence-corrected chi connectivity index (χ4v) is 4.71. The second-order valence-corrected chi connectivity index (χ2v) is 8.20. The van der Waals surface area contributed by atoms with E-state index in [1.165, 1.54) is 0 Å². The number of nitrogens with zero attached hydrogens (tertiary/aromatic N) is 1. The lowest BCUT2D eigenvalue weighted by Gasteiger charge is -2.23. The standard InChI is InChI=1S/C16H16BrNO3S/c1-12-7-9-14(10-8-12)22(19,20)18-16(15(17)11-21-18)13-5-3-2-4-6-13/h2-10,15-16H,11H2,1H3/t15-,16-/m1/s1. The van der Waals surface area contributed by atoms with Crippen molar-refractivity contribution in [2.75, 3.05) is 6.61 Å². The highest BCUT2D eigenvalue weighted by Gasteiger charge is 2.43. The predicted molar refractivity (Wildman–Crippen MR) is 88.1 cm³/mol. The third kappa shape index (κ3) is 2.84. The van der Waals surface area contributed by atoms with Gasteiger partial charge in [-0.25, -0.2) is 8.42 Å². The van der Waals surface area contributed by atoms with Crippen LogP contribution < -0.4 is 0 Å². The Balaban J connectivity index is 2.00. The molecule has 1 heterocycles. The average molecular weight is 382 g/mol. The molecule has 2 aromatic carbocycles. The molecule has 0 aromatic heterocycles. The van der Waals surface area contributed by atoms with Gasteiger partial charge in [0.15, 0.2) is 0 Å². The number of benzene rings is 2. The minimum absolute atomic E-state index is 0.0878. The van der Waals surface area contributed by atoms with Crippen LogP contribution in [-0.4, -0.2) is 24.3 Å². The van der Waals surface area contributed by atoms with Gasteiger partial charge in [0.1, 0.15) is 0 Å². The van der Waals surface area contributed by atoms with Crippen molar-refractivity contribution in [1.82, 2.24) is 4.47 Å². The van der Waals surface area contributed by atoms with Gasteiger partial charge in [-0.2, -0.15) is 0 Å². The minimum Gasteiger partial charge on any atom is -0.282 e. The Morgan fingerprint density at radius 1 is 1.09 bits per heavy atom. The van der Waals surface area contributed by atoms with Gasteiger partial charge >= 0.3 is 0 Å². The Hall–Kier alpha value is -1.21. The molecule has 1 aliphatic rings. The first-order valence-electron chi connectivity index (χ1n) is 6.93. The van der Waals surface area contributed by atoms with E-state index >= 15 is 0 Å². The van der Waals surface area contributed by atoms with Crippen LogP contribution in [0.3, 0.4) is 0 Å². The lowest BCUT2D eigenvalue weighted by molar-refractivity contribution is -0.0499. The molecule has 0 bridgehead atoms. The van der Waals surface area contributed by atoms with E-state index in [0.29, 0.717) is 6.61 Å². The van der Waals surface area contributed by atoms with Gasteiger partial charge in [-0.15, -0.1) is 0 Å². The fourth-order valence-electron chi connectivity index (χ4n) is 2.46. The van der Waals surface area contributed by atoms with Gasteiger partial charge in [-0.3, -0.25) is 4.84 Å². The van der Waals surface area contributed by atoms with Crippen LogP contribution in [-0.2, 0) is 14.9 Å². The molecule has 0 spiro atoms. The highest BCUT2D eigenvalue weighted by atomic mass is 79.9. The molecule has 0 N–H and O–H groups in total. The number of hydroxylamine groups is 1. The highest BCUT2D eigenvalue weighted by molar-refractivity contribution is 9.09. The van der Waals surface area contributed by atoms with Crippen LogP contribution in [0.15, 0.2) is 59.5 Å². The van der Waals surface area contributed by atoms with E-state index in [1.54, 1.807) is 24.3 Å². The molecule has 0 saturated carbocycles. The number of alkyl halides is 1. The lowest BCUT2D eigenvalue weighted by atomic mass is 10.1. The van der Waals surface area contributed by atoms with Crippen molar-refractivity contribution < 1.29 is 13.3 Å². The van der Waals surface area contributed by atoms with Crippen LogP contribution in [0.1, 0.15) is 17.2 Å². The summed E-state index contributed by atoms with van der Waals surface area (Å²) in [5, 5.41) is 0. The van der Waals surface area contributed by atoms with Gasteiger partial charge in [0.2, 0.25) is 0 Å². The summed E-state index contributed by atoms with van der Waals surface area (Å²) in [7, 11) is -3.70. The topological polar surface area (TPSA) is 46.6 Å². The fraction of sp³-hybridized carbons (Fsp3) is 0.250. The predicted octanol–water partition coefficient (Wildman–Crippen LogP) is 3.44. The van der Waals surface area contributed by atoms with Crippen LogP contribution in [0.25, 0.3) is 0 Å². The summed E-state index contributed by atoms with van der Waals surface area (Å²) in [6.45, 7) is 2.23. The molecule has 2 aromatic rings. The van der Waals surface area contributed by atoms with Gasteiger partial charge in [-0.1, -0.05) is 68.4 Å². The lowest BCUT2D eigenvalue weighted by Crippen LogP contribution is -2.31. The summed E-state index contributed by atoms with van der Waals surface area (Å²) >= 11 is 3.53. The highest BCUT2D eigenvalue weighted by Crippen LogP contribution is 2.38. The minimum atomic E-state index is -3.70. The Morgan fingerprint density at radius 3 is 2.36 bits per heavy atom. The van der Waals surface area contributed by atoms with E-state index in [-0.39, 0.29) is 15.8 Å². The molecule has 22 heavy (non-hydrogen) atoms. The average Bonchev–Trinajstić information content (AvgIpc) is 2.91. The molecule has 0 amide bonds. The first-order chi connectivity index (χ1) is 10.5. The van der Waals surface area contributed by atoms with Gasteiger partial charge in [0.05, 0.1) is 22.4 Å². The maximum atomic E-state index is 12.9. The zero-order valence-electron chi connectivity index (χ0n) is 12.0. The Morgan fingerprint density at radius 2 is 1.73 bits per heavy atom. The van der Waals surface area contributed by atoms with Crippen molar-refractivity contribution in [3.8, 4) is 0 Å². The van der Waals surface area contributed by atoms with Gasteiger partial charge in [0, 0.05) is 0 Å². The van der Waals surface area contributed by atoms with Crippen LogP contribution in [0.4, 0.5) is 0 Å². The van der Waals surface area contributed by atoms with E-state index in [9.17, 15) is 8.42 Å². The summed E-state index contributed by atoms with van der Waals surface area (Å²) in [5.74, 6) is 0. The zero-order valence-corrected chi connectivity index (χ0v) is 14.4. The molecule has 0 unspecified atom stereocenters. The number of sulfonamides is 1. The maximum Gasteiger partial charge on any atom is 0.265 e. The van der Waals surface area contributed by atoms with Gasteiger partial charge < -0.3 is 0 Å². The maximum absolute atomic E-state index is 12.9. The van der Waals surface area contributed by atoms with Crippen LogP contribution >= 0.6 is 15.9 Å². The molecule has 1 saturated heterocycles. The number of aryl methyl sites for hydroxylation is 1. The molecule has 1 fully saturated rings. The molecular formula is C16H16BrNO3S. The largest absolute Gasteiger partial charge is 0.282 e. The van der Waals surface area contributed by atoms with Crippen molar-refractivity contribution in [3.05, 3.63) is 65.7 Å². The Labute approximate surface area is 138 Å². The summed E-state index contributed by atoms with van der Waals surface area (Å²) in [6, 6.07) is 15.9. The van der Waals surface area contributed by atoms with Gasteiger partial charge in [-0.05, 0) is 24.6 Å². The van der Waals surface area contributed by atoms with E-state index < -0.39 is 10.0 Å². The van der Waals surface area contributed by atoms with Crippen molar-refractivity contribution in [2.45, 2.75) is 22.7 Å². The number of hydrogen-bond donors (Lipinski definition) is 0. The quantitative estimate of drug-likeness (QED) is 0.765. The third-order valence-electron chi connectivity index (χ3n) is 3.63. The summed E-state index contributed by atoms with van der Waals surface area (Å²) in [5.41, 5.74) is 1.91. The smallest absolute Gasteiger partial charge is 0.265 e. The second kappa shape index (κ2) is 6.12. The molecule has 3 rings (SSSR count). The number of halogens is 1. The molecule has 0 aliphatic carbocycles. The van der Waals surface area contributed by atoms with Crippen molar-refractivity contribution >= 4 is 26.0 Å². The first-order valence-corrected chi connectivity index (χ1v) is 9.29. The molecule has 4 nitrogen and oxygen atoms in total. The molecular weight excluding hydrogens is 366 g/mol. The number of rotatable bonds is 3. The van der Waals surface area contributed by atoms with E-state index in [0.717, 1.165) is 15.6 Å². The normalized spacial score (nSPS) is 22.8.